The average molecular weight is 465 g/mol. The molecule has 0 aliphatic heterocycles. The Morgan fingerprint density at radius 3 is 2.79 bits per heavy atom. The molecule has 0 bridgehead atoms. The standard InChI is InChI=1S/C20H19BrClN3O3/c1-4-28-17-8-12(7-15(22)18(17)26)10-23-25-19(11(2)3)24-16-6-5-13(21)9-14(16)20(25)27/h5-11,26H,4H2,1-3H3. The minimum Gasteiger partial charge on any atom is -0.503 e. The maximum atomic E-state index is 13.0. The summed E-state index contributed by atoms with van der Waals surface area (Å²) in [5, 5.41) is 14.9. The van der Waals surface area contributed by atoms with Crippen LogP contribution in [0.5, 0.6) is 11.5 Å². The van der Waals surface area contributed by atoms with Crippen molar-refractivity contribution < 1.29 is 9.84 Å². The van der Waals surface area contributed by atoms with Gasteiger partial charge >= 0.3 is 0 Å². The number of fused-ring (bicyclic) bond motifs is 1. The van der Waals surface area contributed by atoms with Crippen LogP contribution in [0.25, 0.3) is 10.9 Å². The second-order valence-corrected chi connectivity index (χ2v) is 7.75. The third-order valence-electron chi connectivity index (χ3n) is 4.02. The molecule has 0 unspecified atom stereocenters. The molecule has 0 fully saturated rings. The van der Waals surface area contributed by atoms with Crippen LogP contribution in [0.1, 0.15) is 38.1 Å². The van der Waals surface area contributed by atoms with E-state index in [-0.39, 0.29) is 28.0 Å². The van der Waals surface area contributed by atoms with Crippen LogP contribution in [0.2, 0.25) is 5.02 Å². The number of hydrogen-bond acceptors (Lipinski definition) is 5. The second kappa shape index (κ2) is 8.32. The van der Waals surface area contributed by atoms with Crippen molar-refractivity contribution >= 4 is 44.6 Å². The number of hydrogen-bond donors (Lipinski definition) is 1. The Balaban J connectivity index is 2.15. The van der Waals surface area contributed by atoms with Crippen molar-refractivity contribution in [3.63, 3.8) is 0 Å². The van der Waals surface area contributed by atoms with Crippen LogP contribution in [0.15, 0.2) is 44.7 Å². The molecule has 0 atom stereocenters. The van der Waals surface area contributed by atoms with Gasteiger partial charge in [0.05, 0.1) is 28.7 Å². The lowest BCUT2D eigenvalue weighted by atomic mass is 10.2. The Morgan fingerprint density at radius 2 is 2.11 bits per heavy atom. The highest BCUT2D eigenvalue weighted by molar-refractivity contribution is 9.10. The number of halogens is 2. The van der Waals surface area contributed by atoms with Gasteiger partial charge in [-0.3, -0.25) is 4.79 Å². The first-order chi connectivity index (χ1) is 13.3. The monoisotopic (exact) mass is 463 g/mol. The lowest BCUT2D eigenvalue weighted by molar-refractivity contribution is 0.318. The summed E-state index contributed by atoms with van der Waals surface area (Å²) in [6, 6.07) is 8.54. The molecule has 0 amide bonds. The largest absolute Gasteiger partial charge is 0.503 e. The van der Waals surface area contributed by atoms with E-state index in [9.17, 15) is 9.90 Å². The van der Waals surface area contributed by atoms with Gasteiger partial charge in [-0.1, -0.05) is 41.4 Å². The van der Waals surface area contributed by atoms with E-state index in [0.717, 1.165) is 4.47 Å². The van der Waals surface area contributed by atoms with Crippen LogP contribution in [0.4, 0.5) is 0 Å². The van der Waals surface area contributed by atoms with E-state index < -0.39 is 0 Å². The Morgan fingerprint density at radius 1 is 1.36 bits per heavy atom. The van der Waals surface area contributed by atoms with Crippen molar-refractivity contribution in [3.05, 3.63) is 61.6 Å². The number of aromatic hydroxyl groups is 1. The fraction of sp³-hybridized carbons (Fsp3) is 0.250. The van der Waals surface area contributed by atoms with Crippen LogP contribution in [0, 0.1) is 0 Å². The first-order valence-corrected chi connectivity index (χ1v) is 9.90. The fourth-order valence-electron chi connectivity index (χ4n) is 2.71. The van der Waals surface area contributed by atoms with Crippen molar-refractivity contribution in [2.75, 3.05) is 6.61 Å². The van der Waals surface area contributed by atoms with Crippen molar-refractivity contribution in [2.24, 2.45) is 5.10 Å². The van der Waals surface area contributed by atoms with Crippen LogP contribution >= 0.6 is 27.5 Å². The summed E-state index contributed by atoms with van der Waals surface area (Å²) in [6.07, 6.45) is 1.49. The van der Waals surface area contributed by atoms with Crippen LogP contribution in [0.3, 0.4) is 0 Å². The first-order valence-electron chi connectivity index (χ1n) is 8.73. The van der Waals surface area contributed by atoms with Crippen LogP contribution in [-0.4, -0.2) is 27.6 Å². The molecule has 0 spiro atoms. The highest BCUT2D eigenvalue weighted by Gasteiger charge is 2.14. The van der Waals surface area contributed by atoms with Gasteiger partial charge in [-0.15, -0.1) is 0 Å². The molecule has 0 aliphatic rings. The molecule has 1 heterocycles. The number of ether oxygens (including phenoxy) is 1. The molecule has 28 heavy (non-hydrogen) atoms. The van der Waals surface area contributed by atoms with Gasteiger partial charge in [0.25, 0.3) is 5.56 Å². The number of phenols is 1. The number of aromatic nitrogens is 2. The number of phenolic OH excluding ortho intramolecular Hbond substituents is 1. The average Bonchev–Trinajstić information content (AvgIpc) is 2.65. The minimum atomic E-state index is -0.263. The Hall–Kier alpha value is -2.38. The van der Waals surface area contributed by atoms with Gasteiger partial charge in [-0.25, -0.2) is 4.98 Å². The summed E-state index contributed by atoms with van der Waals surface area (Å²) in [6.45, 7) is 6.08. The molecule has 1 N–H and O–H groups in total. The van der Waals surface area contributed by atoms with Gasteiger partial charge in [0, 0.05) is 10.4 Å². The zero-order chi connectivity index (χ0) is 20.4. The number of nitrogens with zero attached hydrogens (tertiary/aromatic N) is 3. The normalized spacial score (nSPS) is 11.6. The third kappa shape index (κ3) is 4.05. The van der Waals surface area contributed by atoms with E-state index in [1.807, 2.05) is 26.8 Å². The van der Waals surface area contributed by atoms with Crippen molar-refractivity contribution in [1.29, 1.82) is 0 Å². The fourth-order valence-corrected chi connectivity index (χ4v) is 3.29. The predicted molar refractivity (Wildman–Crippen MR) is 115 cm³/mol. The summed E-state index contributed by atoms with van der Waals surface area (Å²) in [5.74, 6) is 0.664. The van der Waals surface area contributed by atoms with E-state index in [0.29, 0.717) is 28.9 Å². The molecule has 146 valence electrons. The quantitative estimate of drug-likeness (QED) is 0.544. The SMILES string of the molecule is CCOc1cc(C=Nn2c(C(C)C)nc3ccc(Br)cc3c2=O)cc(Cl)c1O. The number of benzene rings is 2. The van der Waals surface area contributed by atoms with Crippen molar-refractivity contribution in [1.82, 2.24) is 9.66 Å². The van der Waals surface area contributed by atoms with Gasteiger partial charge < -0.3 is 9.84 Å². The van der Waals surface area contributed by atoms with Gasteiger partial charge in [-0.2, -0.15) is 9.78 Å². The molecule has 3 aromatic rings. The van der Waals surface area contributed by atoms with Gasteiger partial charge in [0.1, 0.15) is 5.82 Å². The predicted octanol–water partition coefficient (Wildman–Crippen LogP) is 4.92. The molecule has 2 aromatic carbocycles. The summed E-state index contributed by atoms with van der Waals surface area (Å²) in [4.78, 5) is 17.6. The zero-order valence-corrected chi connectivity index (χ0v) is 18.0. The Kier molecular flexibility index (Phi) is 6.05. The molecular formula is C20H19BrClN3O3. The van der Waals surface area contributed by atoms with Crippen LogP contribution < -0.4 is 10.3 Å². The Bertz CT molecular complexity index is 1130. The highest BCUT2D eigenvalue weighted by Crippen LogP contribution is 2.34. The molecular weight excluding hydrogens is 446 g/mol. The molecule has 0 saturated heterocycles. The van der Waals surface area contributed by atoms with Crippen LogP contribution in [-0.2, 0) is 0 Å². The highest BCUT2D eigenvalue weighted by atomic mass is 79.9. The summed E-state index contributed by atoms with van der Waals surface area (Å²) < 4.78 is 7.47. The van der Waals surface area contributed by atoms with Crippen molar-refractivity contribution in [3.8, 4) is 11.5 Å². The van der Waals surface area contributed by atoms with E-state index in [4.69, 9.17) is 16.3 Å². The summed E-state index contributed by atoms with van der Waals surface area (Å²) in [7, 11) is 0. The molecule has 0 aliphatic carbocycles. The molecule has 8 heteroatoms. The lowest BCUT2D eigenvalue weighted by Crippen LogP contribution is -2.23. The second-order valence-electron chi connectivity index (χ2n) is 6.43. The molecule has 3 rings (SSSR count). The number of rotatable bonds is 5. The van der Waals surface area contributed by atoms with E-state index in [1.165, 1.54) is 10.9 Å². The molecule has 0 radical (unpaired) electrons. The van der Waals surface area contributed by atoms with E-state index in [1.54, 1.807) is 24.3 Å². The Labute approximate surface area is 175 Å². The molecule has 1 aromatic heterocycles. The smallest absolute Gasteiger partial charge is 0.282 e. The summed E-state index contributed by atoms with van der Waals surface area (Å²) >= 11 is 9.45. The maximum absolute atomic E-state index is 13.0. The van der Waals surface area contributed by atoms with Crippen molar-refractivity contribution in [2.45, 2.75) is 26.7 Å². The van der Waals surface area contributed by atoms with Gasteiger partial charge in [0.2, 0.25) is 0 Å². The van der Waals surface area contributed by atoms with Gasteiger partial charge in [-0.05, 0) is 42.8 Å². The first kappa shape index (κ1) is 20.4. The third-order valence-corrected chi connectivity index (χ3v) is 4.80. The molecule has 0 saturated carbocycles. The lowest BCUT2D eigenvalue weighted by Gasteiger charge is -2.12. The van der Waals surface area contributed by atoms with E-state index in [2.05, 4.69) is 26.0 Å². The zero-order valence-electron chi connectivity index (χ0n) is 15.6. The molecule has 6 nitrogen and oxygen atoms in total. The van der Waals surface area contributed by atoms with E-state index >= 15 is 0 Å². The topological polar surface area (TPSA) is 76.7 Å². The van der Waals surface area contributed by atoms with Gasteiger partial charge in [0.15, 0.2) is 11.5 Å². The summed E-state index contributed by atoms with van der Waals surface area (Å²) in [5.41, 5.74) is 0.943. The maximum Gasteiger partial charge on any atom is 0.282 e. The minimum absolute atomic E-state index is 0.0136.